The summed E-state index contributed by atoms with van der Waals surface area (Å²) in [5.41, 5.74) is 7.47. The fraction of sp³-hybridized carbons (Fsp3) is 0.0909. The van der Waals surface area contributed by atoms with Crippen molar-refractivity contribution in [3.05, 3.63) is 40.0 Å². The first-order valence-corrected chi connectivity index (χ1v) is 5.63. The van der Waals surface area contributed by atoms with Crippen molar-refractivity contribution in [1.29, 1.82) is 0 Å². The van der Waals surface area contributed by atoms with E-state index < -0.39 is 5.97 Å². The Morgan fingerprint density at radius 2 is 2.24 bits per heavy atom. The van der Waals surface area contributed by atoms with Crippen molar-refractivity contribution < 1.29 is 9.90 Å². The van der Waals surface area contributed by atoms with Crippen molar-refractivity contribution in [1.82, 2.24) is 9.78 Å². The fourth-order valence-corrected chi connectivity index (χ4v) is 2.05. The summed E-state index contributed by atoms with van der Waals surface area (Å²) < 4.78 is 2.37. The van der Waals surface area contributed by atoms with Gasteiger partial charge in [-0.1, -0.05) is 15.9 Å². The van der Waals surface area contributed by atoms with Crippen LogP contribution in [0.2, 0.25) is 0 Å². The third-order valence-electron chi connectivity index (χ3n) is 2.42. The number of halogens is 1. The number of carboxylic acid groups (broad SMARTS) is 1. The smallest absolute Gasteiger partial charge is 0.341 e. The van der Waals surface area contributed by atoms with E-state index >= 15 is 0 Å². The van der Waals surface area contributed by atoms with Gasteiger partial charge in [-0.15, -0.1) is 0 Å². The maximum absolute atomic E-state index is 10.9. The molecule has 6 heteroatoms. The molecule has 5 nitrogen and oxygen atoms in total. The number of rotatable bonds is 2. The number of aryl methyl sites for hydroxylation is 1. The van der Waals surface area contributed by atoms with Gasteiger partial charge in [0.1, 0.15) is 11.4 Å². The Bertz CT molecular complexity index is 592. The molecule has 0 saturated heterocycles. The van der Waals surface area contributed by atoms with Gasteiger partial charge in [-0.25, -0.2) is 9.48 Å². The molecule has 0 saturated carbocycles. The number of benzene rings is 1. The molecule has 0 unspecified atom stereocenters. The van der Waals surface area contributed by atoms with Crippen LogP contribution < -0.4 is 5.73 Å². The standard InChI is InChI=1S/C11H10BrN3O2/c1-6-4-7(12)2-3-9(6)15-10(13)8(5-14-15)11(16)17/h2-5H,13H2,1H3,(H,16,17). The Labute approximate surface area is 106 Å². The topological polar surface area (TPSA) is 81.1 Å². The lowest BCUT2D eigenvalue weighted by Gasteiger charge is -2.08. The molecule has 1 aromatic carbocycles. The van der Waals surface area contributed by atoms with E-state index in [9.17, 15) is 4.79 Å². The van der Waals surface area contributed by atoms with Crippen LogP contribution in [0.25, 0.3) is 5.69 Å². The quantitative estimate of drug-likeness (QED) is 0.890. The summed E-state index contributed by atoms with van der Waals surface area (Å²) in [6, 6.07) is 5.59. The molecule has 1 heterocycles. The van der Waals surface area contributed by atoms with Gasteiger partial charge < -0.3 is 10.8 Å². The molecule has 88 valence electrons. The number of hydrogen-bond acceptors (Lipinski definition) is 3. The van der Waals surface area contributed by atoms with Crippen LogP contribution in [0.1, 0.15) is 15.9 Å². The lowest BCUT2D eigenvalue weighted by molar-refractivity contribution is 0.0698. The number of aromatic nitrogens is 2. The van der Waals surface area contributed by atoms with Gasteiger partial charge in [0, 0.05) is 4.47 Å². The van der Waals surface area contributed by atoms with E-state index in [4.69, 9.17) is 10.8 Å². The SMILES string of the molecule is Cc1cc(Br)ccc1-n1ncc(C(=O)O)c1N. The summed E-state index contributed by atoms with van der Waals surface area (Å²) in [5, 5.41) is 12.9. The summed E-state index contributed by atoms with van der Waals surface area (Å²) in [6.45, 7) is 1.90. The summed E-state index contributed by atoms with van der Waals surface area (Å²) in [7, 11) is 0. The second-order valence-electron chi connectivity index (χ2n) is 3.59. The first kappa shape index (κ1) is 11.7. The van der Waals surface area contributed by atoms with Gasteiger partial charge in [0.2, 0.25) is 0 Å². The monoisotopic (exact) mass is 295 g/mol. The fourth-order valence-electron chi connectivity index (χ4n) is 1.57. The Balaban J connectivity index is 2.57. The Morgan fingerprint density at radius 3 is 2.76 bits per heavy atom. The number of carbonyl (C=O) groups is 1. The molecule has 2 rings (SSSR count). The van der Waals surface area contributed by atoms with Crippen LogP contribution in [0.4, 0.5) is 5.82 Å². The lowest BCUT2D eigenvalue weighted by Crippen LogP contribution is -2.06. The second-order valence-corrected chi connectivity index (χ2v) is 4.51. The van der Waals surface area contributed by atoms with Gasteiger partial charge in [0.15, 0.2) is 0 Å². The molecule has 0 atom stereocenters. The highest BCUT2D eigenvalue weighted by Crippen LogP contribution is 2.22. The average molecular weight is 296 g/mol. The van der Waals surface area contributed by atoms with Crippen LogP contribution in [0.15, 0.2) is 28.9 Å². The number of nitrogens with two attached hydrogens (primary N) is 1. The maximum atomic E-state index is 10.9. The number of carboxylic acids is 1. The van der Waals surface area contributed by atoms with Gasteiger partial charge in [-0.3, -0.25) is 0 Å². The van der Waals surface area contributed by atoms with E-state index in [1.54, 1.807) is 0 Å². The lowest BCUT2D eigenvalue weighted by atomic mass is 10.2. The highest BCUT2D eigenvalue weighted by Gasteiger charge is 2.15. The maximum Gasteiger partial charge on any atom is 0.341 e. The number of aromatic carboxylic acids is 1. The molecule has 0 bridgehead atoms. The molecular weight excluding hydrogens is 286 g/mol. The molecule has 0 aliphatic heterocycles. The summed E-state index contributed by atoms with van der Waals surface area (Å²) in [5.74, 6) is -0.952. The van der Waals surface area contributed by atoms with Crippen molar-refractivity contribution in [2.45, 2.75) is 6.92 Å². The molecule has 0 fully saturated rings. The zero-order valence-electron chi connectivity index (χ0n) is 9.01. The minimum Gasteiger partial charge on any atom is -0.477 e. The molecule has 0 spiro atoms. The molecule has 0 radical (unpaired) electrons. The average Bonchev–Trinajstić information content (AvgIpc) is 2.60. The Morgan fingerprint density at radius 1 is 1.53 bits per heavy atom. The van der Waals surface area contributed by atoms with Crippen molar-refractivity contribution in [3.63, 3.8) is 0 Å². The third kappa shape index (κ3) is 2.03. The van der Waals surface area contributed by atoms with E-state index in [1.165, 1.54) is 10.9 Å². The van der Waals surface area contributed by atoms with Gasteiger partial charge >= 0.3 is 5.97 Å². The second kappa shape index (κ2) is 4.21. The van der Waals surface area contributed by atoms with Crippen LogP contribution in [-0.4, -0.2) is 20.9 Å². The van der Waals surface area contributed by atoms with E-state index in [0.717, 1.165) is 15.7 Å². The zero-order chi connectivity index (χ0) is 12.6. The Kier molecular flexibility index (Phi) is 2.89. The molecule has 2 aromatic rings. The number of nitrogen functional groups attached to an aromatic ring is 1. The molecule has 0 aliphatic carbocycles. The third-order valence-corrected chi connectivity index (χ3v) is 2.92. The van der Waals surface area contributed by atoms with Crippen LogP contribution in [0.5, 0.6) is 0 Å². The summed E-state index contributed by atoms with van der Waals surface area (Å²) >= 11 is 3.36. The first-order valence-electron chi connectivity index (χ1n) is 4.84. The van der Waals surface area contributed by atoms with E-state index in [2.05, 4.69) is 21.0 Å². The van der Waals surface area contributed by atoms with Crippen LogP contribution in [-0.2, 0) is 0 Å². The zero-order valence-corrected chi connectivity index (χ0v) is 10.6. The molecule has 0 aliphatic rings. The van der Waals surface area contributed by atoms with Crippen LogP contribution >= 0.6 is 15.9 Å². The van der Waals surface area contributed by atoms with E-state index in [1.807, 2.05) is 25.1 Å². The number of hydrogen-bond donors (Lipinski definition) is 2. The largest absolute Gasteiger partial charge is 0.477 e. The van der Waals surface area contributed by atoms with Gasteiger partial charge in [-0.2, -0.15) is 5.10 Å². The van der Waals surface area contributed by atoms with Crippen LogP contribution in [0.3, 0.4) is 0 Å². The molecule has 1 aromatic heterocycles. The van der Waals surface area contributed by atoms with E-state index in [0.29, 0.717) is 0 Å². The minimum absolute atomic E-state index is 0.00678. The highest BCUT2D eigenvalue weighted by atomic mass is 79.9. The predicted molar refractivity (Wildman–Crippen MR) is 67.4 cm³/mol. The number of nitrogens with zero attached hydrogens (tertiary/aromatic N) is 2. The Hall–Kier alpha value is -1.82. The van der Waals surface area contributed by atoms with Crippen molar-refractivity contribution >= 4 is 27.7 Å². The summed E-state index contributed by atoms with van der Waals surface area (Å²) in [6.07, 6.45) is 1.25. The minimum atomic E-state index is -1.08. The first-order chi connectivity index (χ1) is 8.00. The normalized spacial score (nSPS) is 10.5. The molecule has 3 N–H and O–H groups in total. The van der Waals surface area contributed by atoms with Crippen LogP contribution in [0, 0.1) is 6.92 Å². The van der Waals surface area contributed by atoms with Crippen molar-refractivity contribution in [3.8, 4) is 5.69 Å². The molecular formula is C11H10BrN3O2. The van der Waals surface area contributed by atoms with Crippen molar-refractivity contribution in [2.75, 3.05) is 5.73 Å². The van der Waals surface area contributed by atoms with Gasteiger partial charge in [0.05, 0.1) is 11.9 Å². The molecule has 0 amide bonds. The predicted octanol–water partition coefficient (Wildman–Crippen LogP) is 2.22. The van der Waals surface area contributed by atoms with Gasteiger partial charge in [0.25, 0.3) is 0 Å². The molecule has 17 heavy (non-hydrogen) atoms. The summed E-state index contributed by atoms with van der Waals surface area (Å²) in [4.78, 5) is 10.9. The van der Waals surface area contributed by atoms with Crippen molar-refractivity contribution in [2.24, 2.45) is 0 Å². The number of anilines is 1. The highest BCUT2D eigenvalue weighted by molar-refractivity contribution is 9.10. The van der Waals surface area contributed by atoms with Gasteiger partial charge in [-0.05, 0) is 30.7 Å². The van der Waals surface area contributed by atoms with E-state index in [-0.39, 0.29) is 11.4 Å².